The van der Waals surface area contributed by atoms with Gasteiger partial charge in [0.2, 0.25) is 0 Å². The second-order valence-electron chi connectivity index (χ2n) is 5.95. The first-order chi connectivity index (χ1) is 9.60. The number of nitrogens with zero attached hydrogens (tertiary/aromatic N) is 2. The van der Waals surface area contributed by atoms with E-state index in [1.54, 1.807) is 24.2 Å². The van der Waals surface area contributed by atoms with Crippen LogP contribution in [0.15, 0.2) is 12.4 Å². The van der Waals surface area contributed by atoms with E-state index in [0.29, 0.717) is 18.6 Å². The number of methoxy groups -OCH3 is 1. The van der Waals surface area contributed by atoms with Crippen molar-refractivity contribution in [2.24, 2.45) is 5.41 Å². The molecule has 0 bridgehead atoms. The topological polar surface area (TPSA) is 73.6 Å². The van der Waals surface area contributed by atoms with Gasteiger partial charge in [0.1, 0.15) is 0 Å². The SMILES string of the molecule is COc1cnn(C2(C(=O)O)CCC3(CCOCC3)C2)c1. The molecule has 0 radical (unpaired) electrons. The van der Waals surface area contributed by atoms with Crippen LogP contribution in [0.3, 0.4) is 0 Å². The molecule has 110 valence electrons. The highest BCUT2D eigenvalue weighted by molar-refractivity contribution is 5.77. The first-order valence-electron chi connectivity index (χ1n) is 7.01. The van der Waals surface area contributed by atoms with Crippen molar-refractivity contribution in [3.63, 3.8) is 0 Å². The zero-order chi connectivity index (χ0) is 14.2. The van der Waals surface area contributed by atoms with Gasteiger partial charge in [0, 0.05) is 13.2 Å². The van der Waals surface area contributed by atoms with Crippen molar-refractivity contribution in [3.05, 3.63) is 12.4 Å². The number of ether oxygens (including phenoxy) is 2. The van der Waals surface area contributed by atoms with E-state index in [1.807, 2.05) is 0 Å². The van der Waals surface area contributed by atoms with Gasteiger partial charge in [-0.25, -0.2) is 4.79 Å². The molecule has 1 unspecified atom stereocenters. The van der Waals surface area contributed by atoms with E-state index in [1.165, 1.54) is 0 Å². The molecule has 6 nitrogen and oxygen atoms in total. The average Bonchev–Trinajstić information content (AvgIpc) is 3.06. The van der Waals surface area contributed by atoms with E-state index in [4.69, 9.17) is 9.47 Å². The van der Waals surface area contributed by atoms with Gasteiger partial charge in [0.25, 0.3) is 0 Å². The van der Waals surface area contributed by atoms with Crippen LogP contribution in [0.1, 0.15) is 32.1 Å². The van der Waals surface area contributed by atoms with Crippen LogP contribution in [0, 0.1) is 5.41 Å². The maximum absolute atomic E-state index is 11.9. The van der Waals surface area contributed by atoms with Crippen molar-refractivity contribution in [2.75, 3.05) is 20.3 Å². The standard InChI is InChI=1S/C14H20N2O4/c1-19-11-8-15-16(9-11)14(12(17)18)3-2-13(10-14)4-6-20-7-5-13/h8-9H,2-7,10H2,1H3,(H,17,18). The fraction of sp³-hybridized carbons (Fsp3) is 0.714. The van der Waals surface area contributed by atoms with Crippen LogP contribution in [0.5, 0.6) is 5.75 Å². The molecular formula is C14H20N2O4. The fourth-order valence-corrected chi connectivity index (χ4v) is 3.62. The third kappa shape index (κ3) is 1.98. The molecule has 20 heavy (non-hydrogen) atoms. The quantitative estimate of drug-likeness (QED) is 0.911. The second-order valence-corrected chi connectivity index (χ2v) is 5.95. The Bertz CT molecular complexity index is 507. The van der Waals surface area contributed by atoms with Crippen LogP contribution in [-0.2, 0) is 15.1 Å². The Morgan fingerprint density at radius 3 is 2.75 bits per heavy atom. The summed E-state index contributed by atoms with van der Waals surface area (Å²) in [6, 6.07) is 0. The lowest BCUT2D eigenvalue weighted by Gasteiger charge is -2.35. The predicted molar refractivity (Wildman–Crippen MR) is 70.7 cm³/mol. The molecule has 1 spiro atoms. The summed E-state index contributed by atoms with van der Waals surface area (Å²) in [4.78, 5) is 11.9. The van der Waals surface area contributed by atoms with Gasteiger partial charge >= 0.3 is 5.97 Å². The molecule has 6 heteroatoms. The van der Waals surface area contributed by atoms with Crippen molar-refractivity contribution in [2.45, 2.75) is 37.6 Å². The average molecular weight is 280 g/mol. The molecule has 2 aliphatic rings. The van der Waals surface area contributed by atoms with Gasteiger partial charge in [0.15, 0.2) is 11.3 Å². The lowest BCUT2D eigenvalue weighted by molar-refractivity contribution is -0.148. The number of aliphatic carboxylic acids is 1. The number of hydrogen-bond acceptors (Lipinski definition) is 4. The van der Waals surface area contributed by atoms with E-state index in [-0.39, 0.29) is 5.41 Å². The zero-order valence-electron chi connectivity index (χ0n) is 11.7. The summed E-state index contributed by atoms with van der Waals surface area (Å²) < 4.78 is 12.1. The number of aromatic nitrogens is 2. The molecule has 1 aromatic rings. The zero-order valence-corrected chi connectivity index (χ0v) is 11.7. The van der Waals surface area contributed by atoms with E-state index in [0.717, 1.165) is 32.5 Å². The Labute approximate surface area is 117 Å². The maximum Gasteiger partial charge on any atom is 0.331 e. The Balaban J connectivity index is 1.92. The summed E-state index contributed by atoms with van der Waals surface area (Å²) in [6.45, 7) is 1.47. The van der Waals surface area contributed by atoms with Crippen LogP contribution in [0.2, 0.25) is 0 Å². The van der Waals surface area contributed by atoms with Gasteiger partial charge in [0.05, 0.1) is 19.5 Å². The molecule has 2 heterocycles. The molecule has 1 saturated heterocycles. The van der Waals surface area contributed by atoms with Gasteiger partial charge < -0.3 is 14.6 Å². The normalized spacial score (nSPS) is 28.6. The highest BCUT2D eigenvalue weighted by Gasteiger charge is 2.54. The summed E-state index contributed by atoms with van der Waals surface area (Å²) >= 11 is 0. The molecule has 1 aliphatic heterocycles. The number of carboxylic acids is 1. The molecule has 1 atom stereocenters. The first kappa shape index (κ1) is 13.4. The first-order valence-corrected chi connectivity index (χ1v) is 7.01. The van der Waals surface area contributed by atoms with Crippen LogP contribution < -0.4 is 4.74 Å². The van der Waals surface area contributed by atoms with Crippen LogP contribution in [-0.4, -0.2) is 41.2 Å². The predicted octanol–water partition coefficient (Wildman–Crippen LogP) is 1.65. The lowest BCUT2D eigenvalue weighted by atomic mass is 9.77. The van der Waals surface area contributed by atoms with Gasteiger partial charge in [-0.2, -0.15) is 5.10 Å². The molecule has 1 aromatic heterocycles. The second kappa shape index (κ2) is 4.77. The molecular weight excluding hydrogens is 260 g/mol. The largest absolute Gasteiger partial charge is 0.493 e. The van der Waals surface area contributed by atoms with Crippen molar-refractivity contribution in [3.8, 4) is 5.75 Å². The minimum atomic E-state index is -0.936. The molecule has 2 fully saturated rings. The fourth-order valence-electron chi connectivity index (χ4n) is 3.62. The molecule has 1 N–H and O–H groups in total. The highest BCUT2D eigenvalue weighted by Crippen LogP contribution is 2.53. The van der Waals surface area contributed by atoms with E-state index in [2.05, 4.69) is 5.10 Å². The van der Waals surface area contributed by atoms with Crippen molar-refractivity contribution in [1.82, 2.24) is 9.78 Å². The van der Waals surface area contributed by atoms with E-state index >= 15 is 0 Å². The van der Waals surface area contributed by atoms with Crippen LogP contribution in [0.25, 0.3) is 0 Å². The van der Waals surface area contributed by atoms with E-state index < -0.39 is 11.5 Å². The third-order valence-electron chi connectivity index (χ3n) is 4.92. The lowest BCUT2D eigenvalue weighted by Crippen LogP contribution is -2.42. The Kier molecular flexibility index (Phi) is 3.20. The van der Waals surface area contributed by atoms with Crippen molar-refractivity contribution >= 4 is 5.97 Å². The third-order valence-corrected chi connectivity index (χ3v) is 4.92. The molecule has 3 rings (SSSR count). The monoisotopic (exact) mass is 280 g/mol. The van der Waals surface area contributed by atoms with E-state index in [9.17, 15) is 9.90 Å². The summed E-state index contributed by atoms with van der Waals surface area (Å²) in [6.07, 6.45) is 7.31. The van der Waals surface area contributed by atoms with Gasteiger partial charge in [-0.05, 0) is 37.5 Å². The molecule has 1 aliphatic carbocycles. The number of rotatable bonds is 3. The summed E-state index contributed by atoms with van der Waals surface area (Å²) in [7, 11) is 1.56. The summed E-state index contributed by atoms with van der Waals surface area (Å²) in [5.74, 6) is -0.204. The smallest absolute Gasteiger partial charge is 0.331 e. The van der Waals surface area contributed by atoms with Crippen molar-refractivity contribution in [1.29, 1.82) is 0 Å². The highest BCUT2D eigenvalue weighted by atomic mass is 16.5. The number of carbonyl (C=O) groups is 1. The van der Waals surface area contributed by atoms with Gasteiger partial charge in [-0.3, -0.25) is 4.68 Å². The summed E-state index contributed by atoms with van der Waals surface area (Å²) in [5.41, 5.74) is -0.843. The maximum atomic E-state index is 11.9. The van der Waals surface area contributed by atoms with Crippen LogP contribution >= 0.6 is 0 Å². The number of carboxylic acid groups (broad SMARTS) is 1. The van der Waals surface area contributed by atoms with Crippen LogP contribution in [0.4, 0.5) is 0 Å². The van der Waals surface area contributed by atoms with Gasteiger partial charge in [-0.1, -0.05) is 0 Å². The molecule has 0 aromatic carbocycles. The molecule has 1 saturated carbocycles. The Morgan fingerprint density at radius 2 is 2.15 bits per heavy atom. The minimum Gasteiger partial charge on any atom is -0.493 e. The summed E-state index contributed by atoms with van der Waals surface area (Å²) in [5, 5.41) is 14.0. The minimum absolute atomic E-state index is 0.0931. The molecule has 0 amide bonds. The van der Waals surface area contributed by atoms with Crippen molar-refractivity contribution < 1.29 is 19.4 Å². The van der Waals surface area contributed by atoms with Gasteiger partial charge in [-0.15, -0.1) is 0 Å². The Morgan fingerprint density at radius 1 is 1.40 bits per heavy atom. The number of hydrogen-bond donors (Lipinski definition) is 1. The Hall–Kier alpha value is -1.56.